The topological polar surface area (TPSA) is 110 Å². The lowest BCUT2D eigenvalue weighted by molar-refractivity contribution is -0.383. The highest BCUT2D eigenvalue weighted by Gasteiger charge is 2.30. The fraction of sp³-hybridized carbons (Fsp3) is 0.242. The number of carboxylic acids is 1. The Balaban J connectivity index is 1.54. The first-order valence-corrected chi connectivity index (χ1v) is 14.0. The van der Waals surface area contributed by atoms with Crippen molar-refractivity contribution in [2.45, 2.75) is 44.6 Å². The molecule has 0 unspecified atom stereocenters. The first-order chi connectivity index (χ1) is 19.9. The Morgan fingerprint density at radius 1 is 1.07 bits per heavy atom. The molecule has 1 aliphatic heterocycles. The minimum Gasteiger partial charge on any atom is -0.497 e. The molecule has 3 aromatic carbocycles. The number of nitrogens with one attached hydrogen (secondary N) is 1. The van der Waals surface area contributed by atoms with Gasteiger partial charge in [-0.15, -0.1) is 0 Å². The van der Waals surface area contributed by atoms with Crippen molar-refractivity contribution in [2.75, 3.05) is 7.11 Å². The summed E-state index contributed by atoms with van der Waals surface area (Å²) in [6, 6.07) is 17.0. The number of benzene rings is 3. The number of hydrogen-bond donors (Lipinski definition) is 2. The Labute approximate surface area is 236 Å². The molecular weight excluding hydrogens is 518 g/mol. The Kier molecular flexibility index (Phi) is 5.92. The SMILES string of the molecule is COc1ccc2c(c1)C=C(c1cc([N+](=O)[O-])c3[nH]ccc3c1)Cn1c-2c(C2CCCCC2)c2ccc(C(=O)O)cc21. The van der Waals surface area contributed by atoms with Gasteiger partial charge in [-0.2, -0.15) is 0 Å². The number of non-ortho nitro benzene ring substituents is 1. The molecule has 1 fully saturated rings. The van der Waals surface area contributed by atoms with E-state index in [-0.39, 0.29) is 16.2 Å². The number of aromatic nitrogens is 2. The maximum atomic E-state index is 12.0. The number of nitro benzene ring substituents is 1. The van der Waals surface area contributed by atoms with E-state index in [0.717, 1.165) is 62.8 Å². The largest absolute Gasteiger partial charge is 0.497 e. The van der Waals surface area contributed by atoms with Gasteiger partial charge in [0, 0.05) is 40.7 Å². The summed E-state index contributed by atoms with van der Waals surface area (Å²) < 4.78 is 7.83. The zero-order chi connectivity index (χ0) is 28.2. The van der Waals surface area contributed by atoms with Crippen molar-refractivity contribution in [3.8, 4) is 17.0 Å². The van der Waals surface area contributed by atoms with Crippen LogP contribution < -0.4 is 4.74 Å². The van der Waals surface area contributed by atoms with Crippen LogP contribution in [-0.2, 0) is 6.54 Å². The van der Waals surface area contributed by atoms with E-state index < -0.39 is 5.97 Å². The molecule has 5 aromatic rings. The minimum absolute atomic E-state index is 0.0205. The van der Waals surface area contributed by atoms with Crippen molar-refractivity contribution in [1.82, 2.24) is 9.55 Å². The molecule has 2 aliphatic rings. The number of fused-ring (bicyclic) bond motifs is 6. The second-order valence-corrected chi connectivity index (χ2v) is 11.0. The highest BCUT2D eigenvalue weighted by atomic mass is 16.6. The Hall–Kier alpha value is -4.85. The van der Waals surface area contributed by atoms with Crippen LogP contribution in [-0.4, -0.2) is 32.7 Å². The molecule has 0 bridgehead atoms. The molecule has 0 spiro atoms. The number of rotatable bonds is 5. The van der Waals surface area contributed by atoms with E-state index in [4.69, 9.17) is 4.74 Å². The van der Waals surface area contributed by atoms with E-state index in [1.807, 2.05) is 30.3 Å². The van der Waals surface area contributed by atoms with Crippen molar-refractivity contribution >= 4 is 45.1 Å². The number of nitrogens with zero attached hydrogens (tertiary/aromatic N) is 2. The van der Waals surface area contributed by atoms with Gasteiger partial charge in [-0.05, 0) is 89.6 Å². The summed E-state index contributed by atoms with van der Waals surface area (Å²) in [6.07, 6.45) is 9.56. The van der Waals surface area contributed by atoms with Crippen LogP contribution in [0.2, 0.25) is 0 Å². The summed E-state index contributed by atoms with van der Waals surface area (Å²) in [5, 5.41) is 23.7. The lowest BCUT2D eigenvalue weighted by atomic mass is 9.81. The van der Waals surface area contributed by atoms with Crippen molar-refractivity contribution in [3.63, 3.8) is 0 Å². The van der Waals surface area contributed by atoms with Gasteiger partial charge in [-0.3, -0.25) is 10.1 Å². The quantitative estimate of drug-likeness (QED) is 0.171. The minimum atomic E-state index is -0.968. The third-order valence-corrected chi connectivity index (χ3v) is 8.74. The molecule has 1 saturated carbocycles. The molecule has 7 rings (SSSR count). The summed E-state index contributed by atoms with van der Waals surface area (Å²) in [5.74, 6) is 0.125. The first-order valence-electron chi connectivity index (χ1n) is 14.0. The maximum absolute atomic E-state index is 12.0. The predicted octanol–water partition coefficient (Wildman–Crippen LogP) is 8.01. The van der Waals surface area contributed by atoms with Crippen molar-refractivity contribution in [2.24, 2.45) is 0 Å². The van der Waals surface area contributed by atoms with E-state index in [1.54, 1.807) is 31.5 Å². The molecule has 0 atom stereocenters. The van der Waals surface area contributed by atoms with Crippen LogP contribution >= 0.6 is 0 Å². The molecule has 1 aliphatic carbocycles. The summed E-state index contributed by atoms with van der Waals surface area (Å²) in [6.45, 7) is 0.436. The number of allylic oxidation sites excluding steroid dienone is 1. The van der Waals surface area contributed by atoms with Crippen molar-refractivity contribution in [1.29, 1.82) is 0 Å². The van der Waals surface area contributed by atoms with Crippen LogP contribution in [0.1, 0.15) is 65.1 Å². The molecule has 8 nitrogen and oxygen atoms in total. The van der Waals surface area contributed by atoms with E-state index in [9.17, 15) is 20.0 Å². The summed E-state index contributed by atoms with van der Waals surface area (Å²) in [4.78, 5) is 26.7. The average Bonchev–Trinajstić information content (AvgIpc) is 3.54. The highest BCUT2D eigenvalue weighted by Crippen LogP contribution is 2.48. The normalized spacial score (nSPS) is 15.3. The van der Waals surface area contributed by atoms with Crippen LogP contribution in [0.5, 0.6) is 5.75 Å². The number of aromatic amines is 1. The van der Waals surface area contributed by atoms with Crippen molar-refractivity contribution in [3.05, 3.63) is 93.2 Å². The van der Waals surface area contributed by atoms with Gasteiger partial charge >= 0.3 is 5.97 Å². The smallest absolute Gasteiger partial charge is 0.335 e. The summed E-state index contributed by atoms with van der Waals surface area (Å²) >= 11 is 0. The number of nitro groups is 1. The monoisotopic (exact) mass is 547 g/mol. The van der Waals surface area contributed by atoms with Gasteiger partial charge < -0.3 is 19.4 Å². The van der Waals surface area contributed by atoms with E-state index in [1.165, 1.54) is 24.8 Å². The Morgan fingerprint density at radius 2 is 1.90 bits per heavy atom. The fourth-order valence-electron chi connectivity index (χ4n) is 6.83. The molecule has 206 valence electrons. The molecule has 2 aromatic heterocycles. The zero-order valence-corrected chi connectivity index (χ0v) is 22.6. The lowest BCUT2D eigenvalue weighted by Gasteiger charge is -2.24. The third-order valence-electron chi connectivity index (χ3n) is 8.74. The van der Waals surface area contributed by atoms with Gasteiger partial charge in [0.05, 0.1) is 23.3 Å². The Morgan fingerprint density at radius 3 is 2.66 bits per heavy atom. The number of carboxylic acid groups (broad SMARTS) is 1. The van der Waals surface area contributed by atoms with E-state index in [2.05, 4.69) is 21.7 Å². The molecular formula is C33H29N3O5. The molecule has 2 N–H and O–H groups in total. The summed E-state index contributed by atoms with van der Waals surface area (Å²) in [5.41, 5.74) is 7.65. The van der Waals surface area contributed by atoms with Gasteiger partial charge in [0.15, 0.2) is 0 Å². The zero-order valence-electron chi connectivity index (χ0n) is 22.6. The van der Waals surface area contributed by atoms with Crippen LogP contribution in [0.4, 0.5) is 5.69 Å². The third kappa shape index (κ3) is 4.09. The number of H-pyrrole nitrogens is 1. The van der Waals surface area contributed by atoms with Gasteiger partial charge in [0.1, 0.15) is 11.3 Å². The molecule has 0 saturated heterocycles. The second-order valence-electron chi connectivity index (χ2n) is 11.0. The van der Waals surface area contributed by atoms with Gasteiger partial charge in [0.2, 0.25) is 0 Å². The first kappa shape index (κ1) is 25.1. The van der Waals surface area contributed by atoms with Gasteiger partial charge in [-0.1, -0.05) is 25.3 Å². The average molecular weight is 548 g/mol. The molecule has 0 amide bonds. The van der Waals surface area contributed by atoms with Crippen LogP contribution in [0, 0.1) is 10.1 Å². The Bertz CT molecular complexity index is 1910. The molecule has 8 heteroatoms. The fourth-order valence-corrected chi connectivity index (χ4v) is 6.83. The van der Waals surface area contributed by atoms with Crippen LogP contribution in [0.3, 0.4) is 0 Å². The van der Waals surface area contributed by atoms with Gasteiger partial charge in [-0.25, -0.2) is 4.79 Å². The number of aromatic carboxylic acids is 1. The summed E-state index contributed by atoms with van der Waals surface area (Å²) in [7, 11) is 1.64. The van der Waals surface area contributed by atoms with Crippen LogP contribution in [0.15, 0.2) is 60.8 Å². The molecule has 0 radical (unpaired) electrons. The lowest BCUT2D eigenvalue weighted by Crippen LogP contribution is -2.07. The van der Waals surface area contributed by atoms with E-state index >= 15 is 0 Å². The standard InChI is InChI=1S/C33H29N3O5/c1-41-25-8-10-26-23(15-25)14-24(22-13-20-11-12-34-31(20)29(17-22)36(39)40)18-35-28-16-21(33(37)38)7-9-27(28)30(32(26)35)19-5-3-2-4-6-19/h7-17,19,34H,2-6,18H2,1H3,(H,37,38). The number of hydrogen-bond acceptors (Lipinski definition) is 4. The molecule has 41 heavy (non-hydrogen) atoms. The maximum Gasteiger partial charge on any atom is 0.335 e. The van der Waals surface area contributed by atoms with Crippen LogP contribution in [0.25, 0.3) is 44.7 Å². The number of ether oxygens (including phenoxy) is 1. The highest BCUT2D eigenvalue weighted by molar-refractivity contribution is 6.02. The van der Waals surface area contributed by atoms with Crippen molar-refractivity contribution < 1.29 is 19.6 Å². The number of methoxy groups -OCH3 is 1. The number of carbonyl (C=O) groups is 1. The van der Waals surface area contributed by atoms with Gasteiger partial charge in [0.25, 0.3) is 5.69 Å². The predicted molar refractivity (Wildman–Crippen MR) is 160 cm³/mol. The van der Waals surface area contributed by atoms with E-state index in [0.29, 0.717) is 18.0 Å². The second kappa shape index (κ2) is 9.66. The molecule has 3 heterocycles.